The molecule has 0 amide bonds. The van der Waals surface area contributed by atoms with E-state index in [0.717, 1.165) is 25.9 Å². The van der Waals surface area contributed by atoms with E-state index in [9.17, 15) is 8.42 Å². The topological polar surface area (TPSA) is 91.2 Å². The van der Waals surface area contributed by atoms with Crippen molar-refractivity contribution in [1.29, 1.82) is 5.26 Å². The molecule has 1 aliphatic rings. The maximum absolute atomic E-state index is 12.1. The molecule has 1 aromatic rings. The number of nitriles is 1. The van der Waals surface area contributed by atoms with Crippen LogP contribution in [0, 0.1) is 11.3 Å². The molecule has 21 heavy (non-hydrogen) atoms. The van der Waals surface area contributed by atoms with Gasteiger partial charge in [0.2, 0.25) is 10.0 Å². The fourth-order valence-electron chi connectivity index (χ4n) is 2.18. The molecule has 1 heterocycles. The number of rotatable bonds is 6. The van der Waals surface area contributed by atoms with Crippen LogP contribution in [0.3, 0.4) is 0 Å². The molecule has 1 saturated heterocycles. The van der Waals surface area contributed by atoms with Gasteiger partial charge in [0.05, 0.1) is 29.2 Å². The summed E-state index contributed by atoms with van der Waals surface area (Å²) in [7, 11) is -3.59. The van der Waals surface area contributed by atoms with Gasteiger partial charge in [-0.1, -0.05) is 6.07 Å². The highest BCUT2D eigenvalue weighted by atomic mass is 32.2. The van der Waals surface area contributed by atoms with E-state index < -0.39 is 10.0 Å². The highest BCUT2D eigenvalue weighted by Gasteiger charge is 2.16. The van der Waals surface area contributed by atoms with Crippen molar-refractivity contribution < 1.29 is 13.2 Å². The highest BCUT2D eigenvalue weighted by Crippen LogP contribution is 2.11. The van der Waals surface area contributed by atoms with Gasteiger partial charge in [0, 0.05) is 6.54 Å². The summed E-state index contributed by atoms with van der Waals surface area (Å²) >= 11 is 0. The SMILES string of the molecule is N#Cc1cccc(S(=O)(=O)NCCOC2CCNCC2)c1. The summed E-state index contributed by atoms with van der Waals surface area (Å²) in [6.07, 6.45) is 2.12. The molecule has 0 saturated carbocycles. The molecule has 0 aromatic heterocycles. The average molecular weight is 309 g/mol. The van der Waals surface area contributed by atoms with Crippen molar-refractivity contribution in [3.63, 3.8) is 0 Å². The standard InChI is InChI=1S/C14H19N3O3S/c15-11-12-2-1-3-14(10-12)21(18,19)17-8-9-20-13-4-6-16-7-5-13/h1-3,10,13,16-17H,4-9H2. The number of nitrogens with one attached hydrogen (secondary N) is 2. The second kappa shape index (κ2) is 7.52. The minimum atomic E-state index is -3.59. The lowest BCUT2D eigenvalue weighted by molar-refractivity contribution is 0.0367. The predicted molar refractivity (Wildman–Crippen MR) is 78.2 cm³/mol. The number of ether oxygens (including phenoxy) is 1. The van der Waals surface area contributed by atoms with E-state index >= 15 is 0 Å². The van der Waals surface area contributed by atoms with Gasteiger partial charge in [-0.05, 0) is 44.1 Å². The van der Waals surface area contributed by atoms with Crippen molar-refractivity contribution in [2.45, 2.75) is 23.8 Å². The van der Waals surface area contributed by atoms with Gasteiger partial charge in [-0.15, -0.1) is 0 Å². The minimum Gasteiger partial charge on any atom is -0.377 e. The van der Waals surface area contributed by atoms with Crippen molar-refractivity contribution in [2.75, 3.05) is 26.2 Å². The van der Waals surface area contributed by atoms with E-state index in [0.29, 0.717) is 12.2 Å². The van der Waals surface area contributed by atoms with Crippen LogP contribution < -0.4 is 10.0 Å². The van der Waals surface area contributed by atoms with Crippen LogP contribution in [0.1, 0.15) is 18.4 Å². The van der Waals surface area contributed by atoms with Gasteiger partial charge < -0.3 is 10.1 Å². The molecule has 6 nitrogen and oxygen atoms in total. The Hall–Kier alpha value is -1.46. The van der Waals surface area contributed by atoms with Crippen molar-refractivity contribution in [3.05, 3.63) is 29.8 Å². The maximum Gasteiger partial charge on any atom is 0.240 e. The Balaban J connectivity index is 1.82. The van der Waals surface area contributed by atoms with Crippen LogP contribution in [-0.2, 0) is 14.8 Å². The number of piperidine rings is 1. The van der Waals surface area contributed by atoms with Gasteiger partial charge in [0.25, 0.3) is 0 Å². The molecule has 0 bridgehead atoms. The predicted octanol–water partition coefficient (Wildman–Crippen LogP) is 0.605. The second-order valence-electron chi connectivity index (χ2n) is 4.86. The van der Waals surface area contributed by atoms with Crippen LogP contribution in [0.2, 0.25) is 0 Å². The third-order valence-corrected chi connectivity index (χ3v) is 4.77. The summed E-state index contributed by atoms with van der Waals surface area (Å²) in [6.45, 7) is 2.46. The average Bonchev–Trinajstić information content (AvgIpc) is 2.53. The van der Waals surface area contributed by atoms with Gasteiger partial charge in [-0.3, -0.25) is 0 Å². The molecule has 0 aliphatic carbocycles. The van der Waals surface area contributed by atoms with Crippen LogP contribution in [0.5, 0.6) is 0 Å². The lowest BCUT2D eigenvalue weighted by Gasteiger charge is -2.22. The monoisotopic (exact) mass is 309 g/mol. The van der Waals surface area contributed by atoms with Gasteiger partial charge >= 0.3 is 0 Å². The lowest BCUT2D eigenvalue weighted by atomic mass is 10.1. The van der Waals surface area contributed by atoms with E-state index in [1.807, 2.05) is 6.07 Å². The third kappa shape index (κ3) is 4.79. The largest absolute Gasteiger partial charge is 0.377 e. The molecule has 0 spiro atoms. The number of hydrogen-bond donors (Lipinski definition) is 2. The Morgan fingerprint density at radius 1 is 1.38 bits per heavy atom. The molecule has 2 rings (SSSR count). The van der Waals surface area contributed by atoms with E-state index in [4.69, 9.17) is 10.00 Å². The summed E-state index contributed by atoms with van der Waals surface area (Å²) in [6, 6.07) is 7.88. The Bertz CT molecular complexity index is 604. The summed E-state index contributed by atoms with van der Waals surface area (Å²) in [5.41, 5.74) is 0.323. The molecule has 0 atom stereocenters. The molecular weight excluding hydrogens is 290 g/mol. The molecule has 7 heteroatoms. The molecule has 114 valence electrons. The molecule has 1 fully saturated rings. The fraction of sp³-hybridized carbons (Fsp3) is 0.500. The number of nitrogens with zero attached hydrogens (tertiary/aromatic N) is 1. The molecule has 1 aromatic carbocycles. The smallest absolute Gasteiger partial charge is 0.240 e. The van der Waals surface area contributed by atoms with Crippen LogP contribution >= 0.6 is 0 Å². The highest BCUT2D eigenvalue weighted by molar-refractivity contribution is 7.89. The fourth-order valence-corrected chi connectivity index (χ4v) is 3.24. The van der Waals surface area contributed by atoms with Crippen molar-refractivity contribution in [3.8, 4) is 6.07 Å². The third-order valence-electron chi connectivity index (χ3n) is 3.31. The zero-order valence-corrected chi connectivity index (χ0v) is 12.5. The summed E-state index contributed by atoms with van der Waals surface area (Å²) < 4.78 is 32.3. The maximum atomic E-state index is 12.1. The Morgan fingerprint density at radius 3 is 2.86 bits per heavy atom. The Kier molecular flexibility index (Phi) is 5.70. The van der Waals surface area contributed by atoms with Gasteiger partial charge in [-0.2, -0.15) is 5.26 Å². The van der Waals surface area contributed by atoms with Gasteiger partial charge in [0.1, 0.15) is 0 Å². The van der Waals surface area contributed by atoms with Crippen LogP contribution in [0.25, 0.3) is 0 Å². The lowest BCUT2D eigenvalue weighted by Crippen LogP contribution is -2.34. The Morgan fingerprint density at radius 2 is 2.14 bits per heavy atom. The molecule has 0 radical (unpaired) electrons. The first-order chi connectivity index (χ1) is 10.1. The van der Waals surface area contributed by atoms with E-state index in [-0.39, 0.29) is 17.5 Å². The van der Waals surface area contributed by atoms with Crippen molar-refractivity contribution >= 4 is 10.0 Å². The summed E-state index contributed by atoms with van der Waals surface area (Å²) in [4.78, 5) is 0.100. The zero-order chi connectivity index (χ0) is 15.1. The van der Waals surface area contributed by atoms with Gasteiger partial charge in [0.15, 0.2) is 0 Å². The molecular formula is C14H19N3O3S. The van der Waals surface area contributed by atoms with Crippen LogP contribution in [0.15, 0.2) is 29.2 Å². The number of benzene rings is 1. The van der Waals surface area contributed by atoms with E-state index in [1.165, 1.54) is 12.1 Å². The molecule has 2 N–H and O–H groups in total. The summed E-state index contributed by atoms with van der Waals surface area (Å²) in [5.74, 6) is 0. The first-order valence-electron chi connectivity index (χ1n) is 6.94. The van der Waals surface area contributed by atoms with Crippen molar-refractivity contribution in [1.82, 2.24) is 10.0 Å². The van der Waals surface area contributed by atoms with E-state index in [1.54, 1.807) is 12.1 Å². The quantitative estimate of drug-likeness (QED) is 0.751. The van der Waals surface area contributed by atoms with Crippen LogP contribution in [0.4, 0.5) is 0 Å². The molecule has 0 unspecified atom stereocenters. The summed E-state index contributed by atoms with van der Waals surface area (Å²) in [5, 5.41) is 12.0. The number of sulfonamides is 1. The first-order valence-corrected chi connectivity index (χ1v) is 8.42. The van der Waals surface area contributed by atoms with Crippen LogP contribution in [-0.4, -0.2) is 40.8 Å². The minimum absolute atomic E-state index is 0.100. The number of hydrogen-bond acceptors (Lipinski definition) is 5. The molecule has 1 aliphatic heterocycles. The Labute approximate surface area is 125 Å². The second-order valence-corrected chi connectivity index (χ2v) is 6.62. The normalized spacial score (nSPS) is 16.5. The zero-order valence-electron chi connectivity index (χ0n) is 11.7. The van der Waals surface area contributed by atoms with Gasteiger partial charge in [-0.25, -0.2) is 13.1 Å². The van der Waals surface area contributed by atoms with E-state index in [2.05, 4.69) is 10.0 Å². The van der Waals surface area contributed by atoms with Crippen molar-refractivity contribution in [2.24, 2.45) is 0 Å². The first kappa shape index (κ1) is 15.9.